The predicted octanol–water partition coefficient (Wildman–Crippen LogP) is 3.67. The van der Waals surface area contributed by atoms with Crippen molar-refractivity contribution in [3.63, 3.8) is 0 Å². The van der Waals surface area contributed by atoms with Crippen LogP contribution in [0, 0.1) is 19.3 Å². The van der Waals surface area contributed by atoms with Gasteiger partial charge in [-0.05, 0) is 0 Å². The molecule has 2 unspecified atom stereocenters. The zero-order valence-electron chi connectivity index (χ0n) is 11.5. The Hall–Kier alpha value is -1.06. The molecule has 2 atom stereocenters. The Morgan fingerprint density at radius 2 is 2.17 bits per heavy atom. The number of amides is 1. The monoisotopic (exact) mass is 612 g/mol. The number of hydrogen-bond acceptors (Lipinski definition) is 1. The maximum absolute atomic E-state index is 11.7. The fraction of sp³-hybridized carbons (Fsp3) is 0.714. The molecule has 0 N–H and O–H groups in total. The van der Waals surface area contributed by atoms with E-state index >= 15 is 0 Å². The van der Waals surface area contributed by atoms with Gasteiger partial charge in [0.1, 0.15) is 0 Å². The molecule has 2 fully saturated rings. The SMILES string of the molecule is C=CC(=O)N1CCCC2(CCC2C(C)C)[IH]1.[CH3-].[Lr]. The maximum Gasteiger partial charge on any atom is 0 e. The third kappa shape index (κ3) is 2.68. The first-order valence-corrected chi connectivity index (χ1v) is 8.43. The van der Waals surface area contributed by atoms with Gasteiger partial charge in [-0.25, -0.2) is 0 Å². The second-order valence-electron chi connectivity index (χ2n) is 5.29. The van der Waals surface area contributed by atoms with Gasteiger partial charge in [-0.1, -0.05) is 0 Å². The van der Waals surface area contributed by atoms with Gasteiger partial charge in [0.25, 0.3) is 0 Å². The first-order chi connectivity index (χ1) is 7.59. The zero-order valence-corrected chi connectivity index (χ0v) is 16.0. The van der Waals surface area contributed by atoms with Crippen molar-refractivity contribution in [3.8, 4) is 0 Å². The average molecular weight is 612 g/mol. The number of nitrogens with zero attached hydrogens (tertiary/aromatic N) is 1. The molecule has 115 valence electrons. The van der Waals surface area contributed by atoms with Crippen LogP contribution in [0.5, 0.6) is 0 Å². The number of alkyl halides is 1. The molecule has 1 aliphatic heterocycles. The van der Waals surface area contributed by atoms with Crippen LogP contribution in [-0.4, -0.2) is 19.0 Å². The summed E-state index contributed by atoms with van der Waals surface area (Å²) < 4.78 is 2.71. The standard InChI is InChI=1S/C13H22INO.CH3.Lr/c1-4-12(16)15-9-5-7-13(14-15)8-6-11(13)10(2)3;;/h4,10-11,14H,1,5-9H2,2-3H3;1H3;/q;-1;. The molecule has 0 aromatic heterocycles. The van der Waals surface area contributed by atoms with Gasteiger partial charge in [0, 0.05) is 0 Å². The molecule has 2 rings (SSSR count). The molecule has 0 bridgehead atoms. The topological polar surface area (TPSA) is 20.3 Å². The summed E-state index contributed by atoms with van der Waals surface area (Å²) in [7, 11) is 0. The molecule has 1 amide bonds. The average Bonchev–Trinajstić information content (AvgIpc) is 2.26. The van der Waals surface area contributed by atoms with E-state index in [4.69, 9.17) is 0 Å². The zero-order chi connectivity index (χ0) is 11.8. The smallest absolute Gasteiger partial charge is 0 e. The molecule has 1 spiro atoms. The summed E-state index contributed by atoms with van der Waals surface area (Å²) in [5.74, 6) is 1.85. The van der Waals surface area contributed by atoms with Gasteiger partial charge in [-0.15, -0.1) is 0 Å². The largest absolute Gasteiger partial charge is 0.358 e. The van der Waals surface area contributed by atoms with Crippen molar-refractivity contribution in [1.29, 1.82) is 0 Å². The van der Waals surface area contributed by atoms with Crippen molar-refractivity contribution >= 4 is 27.4 Å². The molecule has 1 saturated heterocycles. The number of carbonyl (C=O) groups is 1. The van der Waals surface area contributed by atoms with E-state index in [0.717, 1.165) is 18.4 Å². The minimum absolute atomic E-state index is 0. The van der Waals surface area contributed by atoms with Crippen molar-refractivity contribution in [2.75, 3.05) is 6.54 Å². The molecule has 4 heteroatoms. The van der Waals surface area contributed by atoms with Crippen LogP contribution >= 0.6 is 21.5 Å². The van der Waals surface area contributed by atoms with Crippen molar-refractivity contribution < 1.29 is 4.79 Å². The normalized spacial score (nSPS) is 30.6. The van der Waals surface area contributed by atoms with E-state index in [1.165, 1.54) is 31.8 Å². The minimum atomic E-state index is -0.321. The van der Waals surface area contributed by atoms with Crippen LogP contribution in [-0.2, 0) is 4.79 Å². The molecule has 0 aromatic rings. The van der Waals surface area contributed by atoms with Crippen LogP contribution in [0.15, 0.2) is 12.7 Å². The molecule has 1 aliphatic carbocycles. The summed E-state index contributed by atoms with van der Waals surface area (Å²) in [6.07, 6.45) is 6.83. The molecule has 0 aromatic carbocycles. The molecule has 2 aliphatic rings. The van der Waals surface area contributed by atoms with Gasteiger partial charge >= 0.3 is 109 Å². The quantitative estimate of drug-likeness (QED) is 0.153. The third-order valence-electron chi connectivity index (χ3n) is 4.03. The van der Waals surface area contributed by atoms with Crippen LogP contribution in [0.25, 0.3) is 0 Å². The summed E-state index contributed by atoms with van der Waals surface area (Å²) in [6.45, 7) is 9.28. The second-order valence-corrected chi connectivity index (χ2v) is 9.39. The molecular formula is C14H25ILrNO-. The Morgan fingerprint density at radius 3 is 2.61 bits per heavy atom. The molecule has 1 saturated carbocycles. The summed E-state index contributed by atoms with van der Waals surface area (Å²) in [5.41, 5.74) is 0. The van der Waals surface area contributed by atoms with Gasteiger partial charge in [-0.2, -0.15) is 0 Å². The molecule has 1 radical (unpaired) electrons. The van der Waals surface area contributed by atoms with Gasteiger partial charge in [0.2, 0.25) is 0 Å². The van der Waals surface area contributed by atoms with Crippen molar-refractivity contribution in [3.05, 3.63) is 20.1 Å². The van der Waals surface area contributed by atoms with E-state index in [1.807, 2.05) is 0 Å². The molecular weight excluding hydrogens is 587 g/mol. The van der Waals surface area contributed by atoms with E-state index in [-0.39, 0.29) is 34.8 Å². The Labute approximate surface area is 116 Å². The van der Waals surface area contributed by atoms with Crippen LogP contribution in [0.2, 0.25) is 0 Å². The second kappa shape index (κ2) is 6.21. The number of rotatable bonds is 2. The third-order valence-corrected chi connectivity index (χ3v) is 8.76. The predicted molar refractivity (Wildman–Crippen MR) is 83.3 cm³/mol. The minimum Gasteiger partial charge on any atom is -0.358 e. The van der Waals surface area contributed by atoms with Crippen molar-refractivity contribution in [2.24, 2.45) is 11.8 Å². The summed E-state index contributed by atoms with van der Waals surface area (Å²) >= 11 is -0.321. The maximum atomic E-state index is 11.7. The van der Waals surface area contributed by atoms with Gasteiger partial charge in [0.05, 0.1) is 0 Å². The summed E-state index contributed by atoms with van der Waals surface area (Å²) in [4.78, 5) is 11.7. The van der Waals surface area contributed by atoms with Crippen molar-refractivity contribution in [1.82, 2.24) is 3.11 Å². The summed E-state index contributed by atoms with van der Waals surface area (Å²) in [6, 6.07) is 0. The Morgan fingerprint density at radius 1 is 1.50 bits per heavy atom. The molecule has 18 heavy (non-hydrogen) atoms. The molecule has 1 heterocycles. The fourth-order valence-electron chi connectivity index (χ4n) is 3.09. The summed E-state index contributed by atoms with van der Waals surface area (Å²) in [5, 5.41) is 0. The Bertz CT molecular complexity index is 308. The van der Waals surface area contributed by atoms with E-state index in [1.54, 1.807) is 0 Å². The van der Waals surface area contributed by atoms with Crippen LogP contribution in [0.4, 0.5) is 0 Å². The Kier molecular flexibility index (Phi) is 5.84. The van der Waals surface area contributed by atoms with Gasteiger partial charge in [-0.3, -0.25) is 0 Å². The first kappa shape index (κ1) is 16.9. The fourth-order valence-corrected chi connectivity index (χ4v) is 8.21. The first-order valence-electron chi connectivity index (χ1n) is 6.22. The van der Waals surface area contributed by atoms with E-state index in [0.29, 0.717) is 3.42 Å². The van der Waals surface area contributed by atoms with E-state index < -0.39 is 0 Å². The molecule has 2 nitrogen and oxygen atoms in total. The van der Waals surface area contributed by atoms with Gasteiger partial charge in [0.15, 0.2) is 0 Å². The number of halogens is 1. The van der Waals surface area contributed by atoms with E-state index in [2.05, 4.69) is 23.5 Å². The van der Waals surface area contributed by atoms with Gasteiger partial charge < -0.3 is 7.43 Å². The van der Waals surface area contributed by atoms with E-state index in [9.17, 15) is 4.79 Å². The van der Waals surface area contributed by atoms with Crippen molar-refractivity contribution in [2.45, 2.75) is 43.0 Å². The number of carbonyl (C=O) groups excluding carboxylic acids is 1. The Balaban J connectivity index is 0.00000144. The van der Waals surface area contributed by atoms with Crippen LogP contribution in [0.1, 0.15) is 39.5 Å². The number of hydrogen-bond donors (Lipinski definition) is 0. The van der Waals surface area contributed by atoms with Crippen LogP contribution < -0.4 is 0 Å². The van der Waals surface area contributed by atoms with Crippen LogP contribution in [0.3, 0.4) is 0 Å².